The quantitative estimate of drug-likeness (QED) is 0.341. The highest BCUT2D eigenvalue weighted by Crippen LogP contribution is 2.47. The Morgan fingerprint density at radius 2 is 1.06 bits per heavy atom. The zero-order valence-electron chi connectivity index (χ0n) is 24.1. The van der Waals surface area contributed by atoms with Crippen molar-refractivity contribution in [1.82, 2.24) is 0 Å². The van der Waals surface area contributed by atoms with Crippen LogP contribution in [0.5, 0.6) is 11.5 Å². The molecule has 2 heteroatoms. The fourth-order valence-electron chi connectivity index (χ4n) is 5.05. The Morgan fingerprint density at radius 3 is 1.42 bits per heavy atom. The topological polar surface area (TPSA) is 40.5 Å². The third kappa shape index (κ3) is 5.64. The van der Waals surface area contributed by atoms with Gasteiger partial charge in [-0.25, -0.2) is 0 Å². The van der Waals surface area contributed by atoms with E-state index in [1.54, 1.807) is 0 Å². The second-order valence-corrected chi connectivity index (χ2v) is 12.6. The van der Waals surface area contributed by atoms with Gasteiger partial charge < -0.3 is 10.2 Å². The summed E-state index contributed by atoms with van der Waals surface area (Å²) in [6.07, 6.45) is 1.76. The highest BCUT2D eigenvalue weighted by molar-refractivity contribution is 5.60. The monoisotopic (exact) mass is 486 g/mol. The van der Waals surface area contributed by atoms with Gasteiger partial charge in [-0.15, -0.1) is 0 Å². The van der Waals surface area contributed by atoms with Gasteiger partial charge in [-0.1, -0.05) is 118 Å². The zero-order chi connectivity index (χ0) is 27.0. The Balaban J connectivity index is 2.48. The first kappa shape index (κ1) is 27.8. The minimum atomic E-state index is -0.288. The Morgan fingerprint density at radius 1 is 0.639 bits per heavy atom. The van der Waals surface area contributed by atoms with Crippen LogP contribution in [0, 0.1) is 0 Å². The molecule has 0 saturated heterocycles. The summed E-state index contributed by atoms with van der Waals surface area (Å²) < 4.78 is 0. The van der Waals surface area contributed by atoms with Gasteiger partial charge >= 0.3 is 0 Å². The SMILES string of the molecule is CCc1cc(C(c2cccc(C(C)C)c2)c2cc(CC)cc(C(C)(C)C)c2O)c(O)c(C(C)(C)C)c1. The van der Waals surface area contributed by atoms with E-state index in [-0.39, 0.29) is 16.7 Å². The molecule has 3 aromatic carbocycles. The molecule has 3 aromatic rings. The summed E-state index contributed by atoms with van der Waals surface area (Å²) in [7, 11) is 0. The van der Waals surface area contributed by atoms with Gasteiger partial charge in [0.2, 0.25) is 0 Å². The largest absolute Gasteiger partial charge is 0.507 e. The molecule has 0 aliphatic carbocycles. The van der Waals surface area contributed by atoms with Gasteiger partial charge in [0.15, 0.2) is 0 Å². The van der Waals surface area contributed by atoms with E-state index in [1.165, 1.54) is 16.7 Å². The normalized spacial score (nSPS) is 12.6. The summed E-state index contributed by atoms with van der Waals surface area (Å²) >= 11 is 0. The van der Waals surface area contributed by atoms with Gasteiger partial charge in [0.05, 0.1) is 0 Å². The number of benzene rings is 3. The van der Waals surface area contributed by atoms with Crippen LogP contribution in [0.3, 0.4) is 0 Å². The summed E-state index contributed by atoms with van der Waals surface area (Å²) in [4.78, 5) is 0. The van der Waals surface area contributed by atoms with Crippen molar-refractivity contribution >= 4 is 0 Å². The Hall–Kier alpha value is -2.74. The molecule has 0 saturated carbocycles. The van der Waals surface area contributed by atoms with Crippen molar-refractivity contribution in [2.45, 2.75) is 105 Å². The van der Waals surface area contributed by atoms with Crippen LogP contribution in [0.15, 0.2) is 48.5 Å². The van der Waals surface area contributed by atoms with Gasteiger partial charge in [-0.2, -0.15) is 0 Å². The number of phenols is 2. The smallest absolute Gasteiger partial charge is 0.123 e. The van der Waals surface area contributed by atoms with Crippen LogP contribution in [0.1, 0.15) is 126 Å². The van der Waals surface area contributed by atoms with Crippen LogP contribution in [0.25, 0.3) is 0 Å². The van der Waals surface area contributed by atoms with E-state index >= 15 is 0 Å². The van der Waals surface area contributed by atoms with Crippen LogP contribution < -0.4 is 0 Å². The maximum Gasteiger partial charge on any atom is 0.123 e. The highest BCUT2D eigenvalue weighted by atomic mass is 16.3. The molecular formula is C34H46O2. The van der Waals surface area contributed by atoms with E-state index in [2.05, 4.69) is 118 Å². The third-order valence-corrected chi connectivity index (χ3v) is 7.36. The molecule has 36 heavy (non-hydrogen) atoms. The fourth-order valence-corrected chi connectivity index (χ4v) is 5.05. The summed E-state index contributed by atoms with van der Waals surface area (Å²) in [6, 6.07) is 17.2. The number of hydrogen-bond donors (Lipinski definition) is 2. The molecule has 0 spiro atoms. The lowest BCUT2D eigenvalue weighted by Crippen LogP contribution is -2.16. The van der Waals surface area contributed by atoms with E-state index in [0.717, 1.165) is 40.7 Å². The van der Waals surface area contributed by atoms with Crippen LogP contribution in [0.2, 0.25) is 0 Å². The first-order valence-corrected chi connectivity index (χ1v) is 13.5. The highest BCUT2D eigenvalue weighted by Gasteiger charge is 2.31. The van der Waals surface area contributed by atoms with E-state index in [1.807, 2.05) is 0 Å². The molecule has 0 radical (unpaired) electrons. The number of rotatable bonds is 6. The molecule has 0 heterocycles. The second-order valence-electron chi connectivity index (χ2n) is 12.6. The number of hydrogen-bond acceptors (Lipinski definition) is 2. The molecular weight excluding hydrogens is 440 g/mol. The summed E-state index contributed by atoms with van der Waals surface area (Å²) in [6.45, 7) is 21.6. The number of aromatic hydroxyl groups is 2. The molecule has 0 aliphatic heterocycles. The molecule has 0 aliphatic rings. The first-order chi connectivity index (χ1) is 16.7. The summed E-state index contributed by atoms with van der Waals surface area (Å²) in [5.41, 5.74) is 7.94. The summed E-state index contributed by atoms with van der Waals surface area (Å²) in [5.74, 6) is 0.757. The van der Waals surface area contributed by atoms with Crippen LogP contribution >= 0.6 is 0 Å². The lowest BCUT2D eigenvalue weighted by molar-refractivity contribution is 0.431. The first-order valence-electron chi connectivity index (χ1n) is 13.5. The second kappa shape index (κ2) is 10.3. The predicted octanol–water partition coefficient (Wildman–Crippen LogP) is 9.12. The van der Waals surface area contributed by atoms with E-state index in [0.29, 0.717) is 17.4 Å². The maximum atomic E-state index is 11.8. The number of aryl methyl sites for hydroxylation is 2. The average molecular weight is 487 g/mol. The van der Waals surface area contributed by atoms with Gasteiger partial charge in [-0.3, -0.25) is 0 Å². The van der Waals surface area contributed by atoms with Gasteiger partial charge in [0.25, 0.3) is 0 Å². The van der Waals surface area contributed by atoms with Crippen LogP contribution in [-0.4, -0.2) is 10.2 Å². The van der Waals surface area contributed by atoms with E-state index < -0.39 is 0 Å². The Bertz CT molecular complexity index is 1150. The van der Waals surface area contributed by atoms with Crippen molar-refractivity contribution in [2.24, 2.45) is 0 Å². The summed E-state index contributed by atoms with van der Waals surface area (Å²) in [5, 5.41) is 23.6. The maximum absolute atomic E-state index is 11.8. The molecule has 2 nitrogen and oxygen atoms in total. The Kier molecular flexibility index (Phi) is 7.98. The predicted molar refractivity (Wildman–Crippen MR) is 154 cm³/mol. The lowest BCUT2D eigenvalue weighted by atomic mass is 9.75. The lowest BCUT2D eigenvalue weighted by Gasteiger charge is -2.30. The minimum Gasteiger partial charge on any atom is -0.507 e. The van der Waals surface area contributed by atoms with Gasteiger partial charge in [0.1, 0.15) is 11.5 Å². The fraction of sp³-hybridized carbons (Fsp3) is 0.471. The molecule has 0 unspecified atom stereocenters. The van der Waals surface area contributed by atoms with Crippen molar-refractivity contribution in [2.75, 3.05) is 0 Å². The molecule has 0 amide bonds. The third-order valence-electron chi connectivity index (χ3n) is 7.36. The van der Waals surface area contributed by atoms with Crippen molar-refractivity contribution < 1.29 is 10.2 Å². The average Bonchev–Trinajstić information content (AvgIpc) is 2.80. The molecule has 194 valence electrons. The molecule has 3 rings (SSSR count). The molecule has 0 aromatic heterocycles. The zero-order valence-corrected chi connectivity index (χ0v) is 24.1. The van der Waals surface area contributed by atoms with Crippen molar-refractivity contribution in [3.05, 3.63) is 93.0 Å². The van der Waals surface area contributed by atoms with E-state index in [4.69, 9.17) is 0 Å². The molecule has 0 fully saturated rings. The molecule has 0 bridgehead atoms. The Labute approximate surface area is 219 Å². The van der Waals surface area contributed by atoms with Crippen molar-refractivity contribution in [3.63, 3.8) is 0 Å². The molecule has 0 atom stereocenters. The van der Waals surface area contributed by atoms with Crippen LogP contribution in [-0.2, 0) is 23.7 Å². The molecule has 2 N–H and O–H groups in total. The standard InChI is InChI=1S/C34H46O2/c1-11-22-16-26(31(35)28(18-22)33(5,6)7)30(25-15-13-14-24(20-25)21(3)4)27-17-23(12-2)19-29(32(27)36)34(8,9)10/h13-21,30,35-36H,11-12H2,1-10H3. The van der Waals surface area contributed by atoms with Gasteiger partial charge in [0, 0.05) is 17.0 Å². The number of phenolic OH excluding ortho intramolecular Hbond substituents is 2. The van der Waals surface area contributed by atoms with Gasteiger partial charge in [-0.05, 0) is 63.0 Å². The van der Waals surface area contributed by atoms with Crippen molar-refractivity contribution in [1.29, 1.82) is 0 Å². The van der Waals surface area contributed by atoms with Crippen LogP contribution in [0.4, 0.5) is 0 Å². The minimum absolute atomic E-state index is 0.210. The van der Waals surface area contributed by atoms with E-state index in [9.17, 15) is 10.2 Å². The van der Waals surface area contributed by atoms with Crippen molar-refractivity contribution in [3.8, 4) is 11.5 Å².